The molecule has 226 valence electrons. The SMILES string of the molecule is CCOc1ccc([C@@H]2C(C(=O)OC(C)C)=C(C)N=c3s/c(=C/c4ccccc4OCc4ccc([N+](=O)[O-])cc4)c(=O)n32)cc1. The molecule has 2 heterocycles. The molecular weight excluding hydrogens is 582 g/mol. The van der Waals surface area contributed by atoms with Gasteiger partial charge in [-0.3, -0.25) is 19.5 Å². The Labute approximate surface area is 257 Å². The van der Waals surface area contributed by atoms with E-state index in [4.69, 9.17) is 14.2 Å². The van der Waals surface area contributed by atoms with E-state index < -0.39 is 16.9 Å². The highest BCUT2D eigenvalue weighted by molar-refractivity contribution is 7.07. The fourth-order valence-electron chi connectivity index (χ4n) is 4.84. The summed E-state index contributed by atoms with van der Waals surface area (Å²) in [6, 6.07) is 20.0. The number of fused-ring (bicyclic) bond motifs is 1. The molecule has 44 heavy (non-hydrogen) atoms. The summed E-state index contributed by atoms with van der Waals surface area (Å²) in [4.78, 5) is 43.0. The Morgan fingerprint density at radius 3 is 2.43 bits per heavy atom. The molecule has 5 rings (SSSR count). The summed E-state index contributed by atoms with van der Waals surface area (Å²) >= 11 is 1.22. The number of hydrogen-bond acceptors (Lipinski definition) is 9. The largest absolute Gasteiger partial charge is 0.494 e. The molecule has 0 saturated heterocycles. The zero-order valence-electron chi connectivity index (χ0n) is 24.7. The third-order valence-corrected chi connectivity index (χ3v) is 7.82. The predicted octanol–water partition coefficient (Wildman–Crippen LogP) is 5.07. The number of benzene rings is 3. The minimum Gasteiger partial charge on any atom is -0.494 e. The number of thiazole rings is 1. The number of allylic oxidation sites excluding steroid dienone is 1. The number of esters is 1. The third kappa shape index (κ3) is 6.47. The van der Waals surface area contributed by atoms with E-state index in [0.717, 1.165) is 11.1 Å². The van der Waals surface area contributed by atoms with E-state index >= 15 is 0 Å². The second kappa shape index (κ2) is 13.1. The molecule has 1 aliphatic heterocycles. The predicted molar refractivity (Wildman–Crippen MR) is 166 cm³/mol. The van der Waals surface area contributed by atoms with Crippen molar-refractivity contribution in [2.75, 3.05) is 6.61 Å². The highest BCUT2D eigenvalue weighted by Crippen LogP contribution is 2.32. The number of nitro groups is 1. The Bertz CT molecular complexity index is 1910. The molecule has 11 heteroatoms. The molecule has 1 aliphatic rings. The molecule has 0 aliphatic carbocycles. The molecule has 0 bridgehead atoms. The van der Waals surface area contributed by atoms with Crippen LogP contribution in [0.2, 0.25) is 0 Å². The Balaban J connectivity index is 1.55. The maximum absolute atomic E-state index is 14.0. The summed E-state index contributed by atoms with van der Waals surface area (Å²) in [5.41, 5.74) is 2.63. The number of nitrogens with zero attached hydrogens (tertiary/aromatic N) is 3. The van der Waals surface area contributed by atoms with E-state index in [0.29, 0.717) is 44.3 Å². The molecule has 1 aromatic heterocycles. The number of nitro benzene ring substituents is 1. The van der Waals surface area contributed by atoms with Gasteiger partial charge in [-0.1, -0.05) is 41.7 Å². The van der Waals surface area contributed by atoms with Gasteiger partial charge in [0, 0.05) is 17.7 Å². The number of aromatic nitrogens is 1. The summed E-state index contributed by atoms with van der Waals surface area (Å²) in [6.45, 7) is 7.89. The van der Waals surface area contributed by atoms with E-state index in [9.17, 15) is 19.7 Å². The first-order valence-electron chi connectivity index (χ1n) is 14.1. The van der Waals surface area contributed by atoms with Gasteiger partial charge in [0.15, 0.2) is 4.80 Å². The number of hydrogen-bond donors (Lipinski definition) is 0. The first kappa shape index (κ1) is 30.4. The van der Waals surface area contributed by atoms with Crippen molar-refractivity contribution in [1.82, 2.24) is 4.57 Å². The fraction of sp³-hybridized carbons (Fsp3) is 0.242. The maximum atomic E-state index is 14.0. The van der Waals surface area contributed by atoms with Crippen LogP contribution in [0.25, 0.3) is 6.08 Å². The fourth-order valence-corrected chi connectivity index (χ4v) is 5.87. The van der Waals surface area contributed by atoms with Crippen LogP contribution in [0.15, 0.2) is 93.9 Å². The monoisotopic (exact) mass is 613 g/mol. The van der Waals surface area contributed by atoms with Crippen molar-refractivity contribution in [2.45, 2.75) is 46.4 Å². The Morgan fingerprint density at radius 1 is 1.07 bits per heavy atom. The molecule has 0 N–H and O–H groups in total. The summed E-state index contributed by atoms with van der Waals surface area (Å²) in [6.07, 6.45) is 1.39. The lowest BCUT2D eigenvalue weighted by Crippen LogP contribution is -2.40. The Kier molecular flexibility index (Phi) is 9.05. The molecule has 0 saturated carbocycles. The Morgan fingerprint density at radius 2 is 1.77 bits per heavy atom. The smallest absolute Gasteiger partial charge is 0.338 e. The first-order chi connectivity index (χ1) is 21.2. The van der Waals surface area contributed by atoms with E-state index in [2.05, 4.69) is 4.99 Å². The second-order valence-corrected chi connectivity index (χ2v) is 11.3. The molecule has 0 unspecified atom stereocenters. The second-order valence-electron chi connectivity index (χ2n) is 10.3. The van der Waals surface area contributed by atoms with Crippen LogP contribution in [-0.4, -0.2) is 28.2 Å². The summed E-state index contributed by atoms with van der Waals surface area (Å²) in [7, 11) is 0. The van der Waals surface area contributed by atoms with Gasteiger partial charge in [0.05, 0.1) is 39.5 Å². The van der Waals surface area contributed by atoms with Crippen LogP contribution in [-0.2, 0) is 16.1 Å². The van der Waals surface area contributed by atoms with Gasteiger partial charge in [0.25, 0.3) is 11.2 Å². The zero-order valence-corrected chi connectivity index (χ0v) is 25.5. The van der Waals surface area contributed by atoms with E-state index in [1.165, 1.54) is 28.0 Å². The summed E-state index contributed by atoms with van der Waals surface area (Å²) in [5.74, 6) is 0.692. The van der Waals surface area contributed by atoms with Crippen LogP contribution in [0.1, 0.15) is 50.4 Å². The van der Waals surface area contributed by atoms with E-state index in [1.807, 2.05) is 49.4 Å². The van der Waals surface area contributed by atoms with Gasteiger partial charge < -0.3 is 14.2 Å². The lowest BCUT2D eigenvalue weighted by atomic mass is 9.96. The van der Waals surface area contributed by atoms with Gasteiger partial charge in [-0.25, -0.2) is 9.79 Å². The molecular formula is C33H31N3O7S. The lowest BCUT2D eigenvalue weighted by molar-refractivity contribution is -0.384. The van der Waals surface area contributed by atoms with Crippen LogP contribution in [0, 0.1) is 10.1 Å². The molecule has 0 amide bonds. The van der Waals surface area contributed by atoms with Crippen molar-refractivity contribution in [3.8, 4) is 11.5 Å². The topological polar surface area (TPSA) is 122 Å². The van der Waals surface area contributed by atoms with Gasteiger partial charge in [-0.2, -0.15) is 0 Å². The normalized spacial score (nSPS) is 14.7. The quantitative estimate of drug-likeness (QED) is 0.139. The molecule has 10 nitrogen and oxygen atoms in total. The van der Waals surface area contributed by atoms with E-state index in [-0.39, 0.29) is 24.0 Å². The van der Waals surface area contributed by atoms with Crippen molar-refractivity contribution >= 4 is 29.1 Å². The molecule has 3 aromatic carbocycles. The Hall–Kier alpha value is -5.03. The highest BCUT2D eigenvalue weighted by Gasteiger charge is 2.33. The standard InChI is InChI=1S/C33H31N3O7S/c1-5-41-26-16-12-23(13-17-26)30-29(32(38)43-20(2)3)21(4)34-33-35(30)31(37)28(44-33)18-24-8-6-7-9-27(24)42-19-22-10-14-25(15-11-22)36(39)40/h6-18,20,30H,5,19H2,1-4H3/b28-18+/t30-/m1/s1. The van der Waals surface area contributed by atoms with Crippen molar-refractivity contribution in [3.63, 3.8) is 0 Å². The van der Waals surface area contributed by atoms with Crippen LogP contribution in [0.4, 0.5) is 5.69 Å². The van der Waals surface area contributed by atoms with Crippen molar-refractivity contribution < 1.29 is 23.9 Å². The van der Waals surface area contributed by atoms with Crippen LogP contribution < -0.4 is 24.4 Å². The number of para-hydroxylation sites is 1. The summed E-state index contributed by atoms with van der Waals surface area (Å²) in [5, 5.41) is 11.0. The number of non-ortho nitro benzene ring substituents is 1. The van der Waals surface area contributed by atoms with Gasteiger partial charge >= 0.3 is 5.97 Å². The highest BCUT2D eigenvalue weighted by atomic mass is 32.1. The van der Waals surface area contributed by atoms with Gasteiger partial charge in [-0.15, -0.1) is 0 Å². The van der Waals surface area contributed by atoms with Crippen LogP contribution >= 0.6 is 11.3 Å². The lowest BCUT2D eigenvalue weighted by Gasteiger charge is -2.25. The van der Waals surface area contributed by atoms with Crippen LogP contribution in [0.3, 0.4) is 0 Å². The van der Waals surface area contributed by atoms with Gasteiger partial charge in [0.1, 0.15) is 18.1 Å². The molecule has 1 atom stereocenters. The van der Waals surface area contributed by atoms with Crippen molar-refractivity contribution in [1.29, 1.82) is 0 Å². The molecule has 0 fully saturated rings. The maximum Gasteiger partial charge on any atom is 0.338 e. The number of rotatable bonds is 10. The average Bonchev–Trinajstić information content (AvgIpc) is 3.30. The minimum atomic E-state index is -0.746. The number of ether oxygens (including phenoxy) is 3. The average molecular weight is 614 g/mol. The molecule has 0 spiro atoms. The molecule has 4 aromatic rings. The number of carbonyl (C=O) groups is 1. The van der Waals surface area contributed by atoms with Crippen molar-refractivity contribution in [2.24, 2.45) is 4.99 Å². The van der Waals surface area contributed by atoms with E-state index in [1.54, 1.807) is 45.0 Å². The minimum absolute atomic E-state index is 0.00364. The summed E-state index contributed by atoms with van der Waals surface area (Å²) < 4.78 is 19.2. The number of carbonyl (C=O) groups excluding carboxylic acids is 1. The zero-order chi connectivity index (χ0) is 31.4. The molecule has 0 radical (unpaired) electrons. The van der Waals surface area contributed by atoms with Crippen LogP contribution in [0.5, 0.6) is 11.5 Å². The third-order valence-electron chi connectivity index (χ3n) is 6.84. The van der Waals surface area contributed by atoms with Crippen molar-refractivity contribution in [3.05, 3.63) is 131 Å². The van der Waals surface area contributed by atoms with Gasteiger partial charge in [0.2, 0.25) is 0 Å². The van der Waals surface area contributed by atoms with Gasteiger partial charge in [-0.05, 0) is 75.2 Å². The first-order valence-corrected chi connectivity index (χ1v) is 14.9.